The molecule has 3 nitrogen and oxygen atoms in total. The Morgan fingerprint density at radius 2 is 2.42 bits per heavy atom. The van der Waals surface area contributed by atoms with Crippen molar-refractivity contribution in [3.8, 4) is 0 Å². The maximum Gasteiger partial charge on any atom is 0.123 e. The van der Waals surface area contributed by atoms with Crippen molar-refractivity contribution in [3.05, 3.63) is 53.4 Å². The number of aromatic amines is 1. The molecule has 0 amide bonds. The maximum absolute atomic E-state index is 13.2. The fourth-order valence-corrected chi connectivity index (χ4v) is 2.86. The van der Waals surface area contributed by atoms with Crippen LogP contribution >= 0.6 is 0 Å². The van der Waals surface area contributed by atoms with Crippen molar-refractivity contribution < 1.29 is 4.39 Å². The molecule has 1 aliphatic carbocycles. The van der Waals surface area contributed by atoms with E-state index in [4.69, 9.17) is 0 Å². The number of nitrogens with zero attached hydrogens (tertiary/aromatic N) is 1. The predicted octanol–water partition coefficient (Wildman–Crippen LogP) is 3.28. The van der Waals surface area contributed by atoms with Gasteiger partial charge in [-0.05, 0) is 42.5 Å². The summed E-state index contributed by atoms with van der Waals surface area (Å²) in [4.78, 5) is 7.48. The van der Waals surface area contributed by atoms with Crippen molar-refractivity contribution >= 4 is 0 Å². The molecule has 4 heteroatoms. The maximum atomic E-state index is 13.2. The molecule has 2 atom stereocenters. The van der Waals surface area contributed by atoms with E-state index < -0.39 is 0 Å². The molecule has 1 aliphatic rings. The van der Waals surface area contributed by atoms with Crippen LogP contribution in [0.5, 0.6) is 0 Å². The van der Waals surface area contributed by atoms with Crippen LogP contribution in [0.4, 0.5) is 4.39 Å². The molecular weight excluding hydrogens is 241 g/mol. The third-order valence-corrected chi connectivity index (χ3v) is 3.84. The molecule has 0 radical (unpaired) electrons. The summed E-state index contributed by atoms with van der Waals surface area (Å²) >= 11 is 0. The first kappa shape index (κ1) is 12.4. The highest BCUT2D eigenvalue weighted by Gasteiger charge is 2.25. The first-order valence-electron chi connectivity index (χ1n) is 6.81. The molecule has 100 valence electrons. The molecule has 2 aromatic rings. The smallest absolute Gasteiger partial charge is 0.123 e. The largest absolute Gasteiger partial charge is 0.347 e. The summed E-state index contributed by atoms with van der Waals surface area (Å²) in [6.07, 6.45) is 6.56. The molecule has 0 saturated heterocycles. The van der Waals surface area contributed by atoms with Gasteiger partial charge in [0.1, 0.15) is 11.6 Å². The van der Waals surface area contributed by atoms with E-state index in [-0.39, 0.29) is 11.9 Å². The summed E-state index contributed by atoms with van der Waals surface area (Å²) in [6, 6.07) is 5.63. The Hall–Kier alpha value is -1.68. The van der Waals surface area contributed by atoms with Crippen molar-refractivity contribution in [2.24, 2.45) is 0 Å². The number of fused-ring (bicyclic) bond motifs is 1. The van der Waals surface area contributed by atoms with Gasteiger partial charge in [-0.2, -0.15) is 0 Å². The topological polar surface area (TPSA) is 40.7 Å². The van der Waals surface area contributed by atoms with E-state index in [0.29, 0.717) is 6.04 Å². The van der Waals surface area contributed by atoms with Crippen LogP contribution in [0.1, 0.15) is 48.8 Å². The van der Waals surface area contributed by atoms with E-state index in [2.05, 4.69) is 22.2 Å². The third-order valence-electron chi connectivity index (χ3n) is 3.84. The minimum absolute atomic E-state index is 0.141. The standard InChI is InChI=1S/C15H18FN3/c1-2-13(15-17-7-8-18-15)19-14-6-3-10-9-11(16)4-5-12(10)14/h4-5,7-9,13-14,19H,2-3,6H2,1H3,(H,17,18). The molecule has 1 aromatic carbocycles. The molecule has 3 rings (SSSR count). The minimum Gasteiger partial charge on any atom is -0.347 e. The van der Waals surface area contributed by atoms with Gasteiger partial charge < -0.3 is 10.3 Å². The van der Waals surface area contributed by atoms with Gasteiger partial charge in [0.2, 0.25) is 0 Å². The molecule has 19 heavy (non-hydrogen) atoms. The zero-order chi connectivity index (χ0) is 13.2. The van der Waals surface area contributed by atoms with Gasteiger partial charge in [0.25, 0.3) is 0 Å². The van der Waals surface area contributed by atoms with E-state index in [9.17, 15) is 4.39 Å². The summed E-state index contributed by atoms with van der Waals surface area (Å²) in [5, 5.41) is 3.63. The average Bonchev–Trinajstić information content (AvgIpc) is 3.05. The Balaban J connectivity index is 1.79. The van der Waals surface area contributed by atoms with Crippen LogP contribution in [0.25, 0.3) is 0 Å². The van der Waals surface area contributed by atoms with E-state index in [1.165, 1.54) is 5.56 Å². The monoisotopic (exact) mass is 259 g/mol. The zero-order valence-corrected chi connectivity index (χ0v) is 11.0. The molecule has 0 spiro atoms. The second kappa shape index (κ2) is 5.13. The van der Waals surface area contributed by atoms with Gasteiger partial charge in [-0.25, -0.2) is 9.37 Å². The van der Waals surface area contributed by atoms with Crippen LogP contribution in [-0.2, 0) is 6.42 Å². The minimum atomic E-state index is -0.141. The summed E-state index contributed by atoms with van der Waals surface area (Å²) < 4.78 is 13.2. The fourth-order valence-electron chi connectivity index (χ4n) is 2.86. The van der Waals surface area contributed by atoms with Gasteiger partial charge in [0.05, 0.1) is 6.04 Å². The van der Waals surface area contributed by atoms with Gasteiger partial charge in [0, 0.05) is 18.4 Å². The molecule has 0 bridgehead atoms. The van der Waals surface area contributed by atoms with Crippen LogP contribution in [0.15, 0.2) is 30.6 Å². The quantitative estimate of drug-likeness (QED) is 0.884. The average molecular weight is 259 g/mol. The van der Waals surface area contributed by atoms with Crippen molar-refractivity contribution in [1.82, 2.24) is 15.3 Å². The van der Waals surface area contributed by atoms with Crippen LogP contribution in [0, 0.1) is 5.82 Å². The number of hydrogen-bond acceptors (Lipinski definition) is 2. The molecule has 0 fully saturated rings. The van der Waals surface area contributed by atoms with E-state index in [1.807, 2.05) is 12.3 Å². The zero-order valence-electron chi connectivity index (χ0n) is 11.0. The Morgan fingerprint density at radius 1 is 1.53 bits per heavy atom. The van der Waals surface area contributed by atoms with Crippen LogP contribution < -0.4 is 5.32 Å². The number of aryl methyl sites for hydroxylation is 1. The van der Waals surface area contributed by atoms with Crippen LogP contribution in [-0.4, -0.2) is 9.97 Å². The van der Waals surface area contributed by atoms with E-state index in [1.54, 1.807) is 18.3 Å². The summed E-state index contributed by atoms with van der Waals surface area (Å²) in [5.74, 6) is 0.829. The summed E-state index contributed by atoms with van der Waals surface area (Å²) in [5.41, 5.74) is 2.36. The lowest BCUT2D eigenvalue weighted by Crippen LogP contribution is -2.25. The number of hydrogen-bond donors (Lipinski definition) is 2. The van der Waals surface area contributed by atoms with Gasteiger partial charge in [-0.3, -0.25) is 0 Å². The Morgan fingerprint density at radius 3 is 3.16 bits per heavy atom. The second-order valence-corrected chi connectivity index (χ2v) is 5.04. The van der Waals surface area contributed by atoms with Gasteiger partial charge in [-0.1, -0.05) is 13.0 Å². The number of halogens is 1. The number of aromatic nitrogens is 2. The van der Waals surface area contributed by atoms with Crippen molar-refractivity contribution in [1.29, 1.82) is 0 Å². The summed E-state index contributed by atoms with van der Waals surface area (Å²) in [6.45, 7) is 2.14. The van der Waals surface area contributed by atoms with Crippen molar-refractivity contribution in [2.75, 3.05) is 0 Å². The molecule has 0 aliphatic heterocycles. The SMILES string of the molecule is CCC(NC1CCc2cc(F)ccc21)c1ncc[nH]1. The lowest BCUT2D eigenvalue weighted by molar-refractivity contribution is 0.420. The fraction of sp³-hybridized carbons (Fsp3) is 0.400. The second-order valence-electron chi connectivity index (χ2n) is 5.04. The molecular formula is C15H18FN3. The Labute approximate surface area is 112 Å². The summed E-state index contributed by atoms with van der Waals surface area (Å²) in [7, 11) is 0. The highest BCUT2D eigenvalue weighted by Crippen LogP contribution is 2.33. The molecule has 1 aromatic heterocycles. The lowest BCUT2D eigenvalue weighted by atomic mass is 10.1. The highest BCUT2D eigenvalue weighted by atomic mass is 19.1. The first-order chi connectivity index (χ1) is 9.28. The van der Waals surface area contributed by atoms with Crippen molar-refractivity contribution in [2.45, 2.75) is 38.3 Å². The number of rotatable bonds is 4. The van der Waals surface area contributed by atoms with Gasteiger partial charge >= 0.3 is 0 Å². The Kier molecular flexibility index (Phi) is 3.34. The molecule has 1 heterocycles. The van der Waals surface area contributed by atoms with Gasteiger partial charge in [-0.15, -0.1) is 0 Å². The van der Waals surface area contributed by atoms with Crippen molar-refractivity contribution in [3.63, 3.8) is 0 Å². The first-order valence-corrected chi connectivity index (χ1v) is 6.81. The molecule has 2 N–H and O–H groups in total. The number of H-pyrrole nitrogens is 1. The number of imidazole rings is 1. The Bertz CT molecular complexity index is 551. The lowest BCUT2D eigenvalue weighted by Gasteiger charge is -2.21. The molecule has 0 saturated carbocycles. The number of nitrogens with one attached hydrogen (secondary N) is 2. The molecule has 2 unspecified atom stereocenters. The predicted molar refractivity (Wildman–Crippen MR) is 72.2 cm³/mol. The number of benzene rings is 1. The van der Waals surface area contributed by atoms with E-state index >= 15 is 0 Å². The van der Waals surface area contributed by atoms with Crippen LogP contribution in [0.3, 0.4) is 0 Å². The van der Waals surface area contributed by atoms with Crippen LogP contribution in [0.2, 0.25) is 0 Å². The highest BCUT2D eigenvalue weighted by molar-refractivity contribution is 5.35. The third kappa shape index (κ3) is 2.40. The normalized spacial score (nSPS) is 19.4. The van der Waals surface area contributed by atoms with Gasteiger partial charge in [0.15, 0.2) is 0 Å². The van der Waals surface area contributed by atoms with E-state index in [0.717, 1.165) is 30.7 Å².